The Morgan fingerprint density at radius 2 is 2.08 bits per heavy atom. The standard InChI is InChI=1S/C20H27NO3/c1-4-5-6-18(24-3)12-20-11-16(20)13-21(14-20)19(22)15-7-9-17(23-2)10-8-15/h7-10,12,16H,4-6,11,13-14H2,1-3H3/b18-12-. The number of hydrogen-bond acceptors (Lipinski definition) is 3. The number of amides is 1. The molecule has 1 aliphatic heterocycles. The van der Waals surface area contributed by atoms with Crippen molar-refractivity contribution in [3.8, 4) is 5.75 Å². The van der Waals surface area contributed by atoms with Crippen LogP contribution in [0.25, 0.3) is 0 Å². The number of nitrogens with zero attached hydrogens (tertiary/aromatic N) is 1. The summed E-state index contributed by atoms with van der Waals surface area (Å²) in [4.78, 5) is 14.7. The zero-order valence-electron chi connectivity index (χ0n) is 14.9. The first-order valence-corrected chi connectivity index (χ1v) is 8.81. The summed E-state index contributed by atoms with van der Waals surface area (Å²) in [6.07, 6.45) is 6.79. The summed E-state index contributed by atoms with van der Waals surface area (Å²) >= 11 is 0. The smallest absolute Gasteiger partial charge is 0.253 e. The maximum absolute atomic E-state index is 12.7. The van der Waals surface area contributed by atoms with E-state index in [-0.39, 0.29) is 11.3 Å². The van der Waals surface area contributed by atoms with E-state index >= 15 is 0 Å². The van der Waals surface area contributed by atoms with Gasteiger partial charge in [-0.25, -0.2) is 0 Å². The van der Waals surface area contributed by atoms with Crippen molar-refractivity contribution < 1.29 is 14.3 Å². The Morgan fingerprint density at radius 3 is 2.71 bits per heavy atom. The summed E-state index contributed by atoms with van der Waals surface area (Å²) in [6, 6.07) is 7.37. The number of methoxy groups -OCH3 is 2. The summed E-state index contributed by atoms with van der Waals surface area (Å²) in [6.45, 7) is 3.85. The number of hydrogen-bond donors (Lipinski definition) is 0. The number of rotatable bonds is 7. The van der Waals surface area contributed by atoms with Gasteiger partial charge in [0.2, 0.25) is 0 Å². The average molecular weight is 329 g/mol. The Hall–Kier alpha value is -1.97. The van der Waals surface area contributed by atoms with Crippen molar-refractivity contribution in [3.63, 3.8) is 0 Å². The SMILES string of the molecule is CCCC/C(=C/C12CC1CN(C(=O)c1ccc(OC)cc1)C2)OC. The highest BCUT2D eigenvalue weighted by atomic mass is 16.5. The molecule has 2 aliphatic rings. The molecule has 4 heteroatoms. The molecule has 0 N–H and O–H groups in total. The number of likely N-dealkylation sites (tertiary alicyclic amines) is 1. The van der Waals surface area contributed by atoms with Gasteiger partial charge in [0.15, 0.2) is 0 Å². The number of carbonyl (C=O) groups excluding carboxylic acids is 1. The highest BCUT2D eigenvalue weighted by Gasteiger charge is 2.59. The molecule has 1 aromatic carbocycles. The molecule has 0 aromatic heterocycles. The molecule has 1 aliphatic carbocycles. The average Bonchev–Trinajstić information content (AvgIpc) is 3.17. The highest BCUT2D eigenvalue weighted by molar-refractivity contribution is 5.94. The third kappa shape index (κ3) is 3.28. The molecule has 0 spiro atoms. The Kier molecular flexibility index (Phi) is 4.83. The lowest BCUT2D eigenvalue weighted by molar-refractivity contribution is 0.0769. The van der Waals surface area contributed by atoms with E-state index in [0.717, 1.165) is 43.0 Å². The molecule has 2 fully saturated rings. The number of ether oxygens (including phenoxy) is 2. The van der Waals surface area contributed by atoms with Crippen molar-refractivity contribution in [2.24, 2.45) is 11.3 Å². The Bertz CT molecular complexity index is 622. The minimum absolute atomic E-state index is 0.116. The van der Waals surface area contributed by atoms with Crippen LogP contribution >= 0.6 is 0 Å². The number of piperidine rings is 1. The molecule has 0 bridgehead atoms. The largest absolute Gasteiger partial charge is 0.501 e. The lowest BCUT2D eigenvalue weighted by atomic mass is 10.0. The molecule has 2 unspecified atom stereocenters. The predicted molar refractivity (Wildman–Crippen MR) is 94.1 cm³/mol. The summed E-state index contributed by atoms with van der Waals surface area (Å²) in [7, 11) is 3.39. The summed E-state index contributed by atoms with van der Waals surface area (Å²) in [5.74, 6) is 2.56. The van der Waals surface area contributed by atoms with E-state index < -0.39 is 0 Å². The monoisotopic (exact) mass is 329 g/mol. The van der Waals surface area contributed by atoms with Crippen molar-refractivity contribution in [1.82, 2.24) is 4.90 Å². The summed E-state index contributed by atoms with van der Waals surface area (Å²) in [5, 5.41) is 0. The van der Waals surface area contributed by atoms with Crippen LogP contribution in [0.5, 0.6) is 5.75 Å². The van der Waals surface area contributed by atoms with E-state index in [2.05, 4.69) is 13.0 Å². The second-order valence-electron chi connectivity index (χ2n) is 6.97. The van der Waals surface area contributed by atoms with E-state index in [4.69, 9.17) is 9.47 Å². The molecule has 1 saturated heterocycles. The Morgan fingerprint density at radius 1 is 1.33 bits per heavy atom. The van der Waals surface area contributed by atoms with E-state index in [1.165, 1.54) is 12.8 Å². The normalized spacial score (nSPS) is 25.4. The Labute approximate surface area is 144 Å². The molecule has 2 atom stereocenters. The number of fused-ring (bicyclic) bond motifs is 1. The fraction of sp³-hybridized carbons (Fsp3) is 0.550. The van der Waals surface area contributed by atoms with Crippen LogP contribution in [0.2, 0.25) is 0 Å². The number of allylic oxidation sites excluding steroid dienone is 1. The molecule has 1 amide bonds. The molecule has 4 nitrogen and oxygen atoms in total. The number of benzene rings is 1. The molecule has 0 radical (unpaired) electrons. The Balaban J connectivity index is 1.66. The minimum Gasteiger partial charge on any atom is -0.501 e. The van der Waals surface area contributed by atoms with Crippen molar-refractivity contribution in [3.05, 3.63) is 41.7 Å². The van der Waals surface area contributed by atoms with E-state index in [1.807, 2.05) is 29.2 Å². The maximum Gasteiger partial charge on any atom is 0.253 e. The van der Waals surface area contributed by atoms with Crippen LogP contribution in [-0.4, -0.2) is 38.1 Å². The van der Waals surface area contributed by atoms with Crippen LogP contribution in [0.1, 0.15) is 43.0 Å². The zero-order chi connectivity index (χ0) is 17.2. The van der Waals surface area contributed by atoms with Gasteiger partial charge in [-0.2, -0.15) is 0 Å². The van der Waals surface area contributed by atoms with Gasteiger partial charge in [0, 0.05) is 30.5 Å². The van der Waals surface area contributed by atoms with Crippen LogP contribution in [0, 0.1) is 11.3 Å². The fourth-order valence-electron chi connectivity index (χ4n) is 3.72. The maximum atomic E-state index is 12.7. The highest BCUT2D eigenvalue weighted by Crippen LogP contribution is 2.59. The molecule has 3 rings (SSSR count). The van der Waals surface area contributed by atoms with Gasteiger partial charge < -0.3 is 14.4 Å². The van der Waals surface area contributed by atoms with Crippen LogP contribution in [0.4, 0.5) is 0 Å². The van der Waals surface area contributed by atoms with Crippen LogP contribution in [-0.2, 0) is 4.74 Å². The summed E-state index contributed by atoms with van der Waals surface area (Å²) < 4.78 is 10.7. The summed E-state index contributed by atoms with van der Waals surface area (Å²) in [5.41, 5.74) is 0.885. The third-order valence-corrected chi connectivity index (χ3v) is 5.32. The molecular weight excluding hydrogens is 302 g/mol. The number of carbonyl (C=O) groups is 1. The molecule has 1 aromatic rings. The molecule has 130 valence electrons. The van der Waals surface area contributed by atoms with Crippen LogP contribution in [0.3, 0.4) is 0 Å². The van der Waals surface area contributed by atoms with Gasteiger partial charge in [-0.05, 0) is 49.1 Å². The topological polar surface area (TPSA) is 38.8 Å². The van der Waals surface area contributed by atoms with Gasteiger partial charge in [0.25, 0.3) is 5.91 Å². The fourth-order valence-corrected chi connectivity index (χ4v) is 3.72. The lowest BCUT2D eigenvalue weighted by Gasteiger charge is -2.20. The van der Waals surface area contributed by atoms with Gasteiger partial charge in [-0.1, -0.05) is 13.3 Å². The predicted octanol–water partition coefficient (Wildman–Crippen LogP) is 3.88. The van der Waals surface area contributed by atoms with Gasteiger partial charge >= 0.3 is 0 Å². The molecular formula is C20H27NO3. The van der Waals surface area contributed by atoms with E-state index in [0.29, 0.717) is 5.92 Å². The van der Waals surface area contributed by atoms with Crippen LogP contribution in [0.15, 0.2) is 36.1 Å². The van der Waals surface area contributed by atoms with Gasteiger partial charge in [0.1, 0.15) is 5.75 Å². The second kappa shape index (κ2) is 6.88. The van der Waals surface area contributed by atoms with Crippen molar-refractivity contribution in [2.45, 2.75) is 32.6 Å². The first-order chi connectivity index (χ1) is 11.6. The quantitative estimate of drug-likeness (QED) is 0.713. The van der Waals surface area contributed by atoms with Gasteiger partial charge in [-0.3, -0.25) is 4.79 Å². The van der Waals surface area contributed by atoms with E-state index in [9.17, 15) is 4.79 Å². The van der Waals surface area contributed by atoms with Crippen LogP contribution < -0.4 is 4.74 Å². The zero-order valence-corrected chi connectivity index (χ0v) is 14.9. The lowest BCUT2D eigenvalue weighted by Crippen LogP contribution is -2.31. The third-order valence-electron chi connectivity index (χ3n) is 5.32. The van der Waals surface area contributed by atoms with Crippen molar-refractivity contribution in [2.75, 3.05) is 27.3 Å². The number of unbranched alkanes of at least 4 members (excludes halogenated alkanes) is 1. The first kappa shape index (κ1) is 16.9. The minimum atomic E-state index is 0.116. The molecule has 1 heterocycles. The van der Waals surface area contributed by atoms with Crippen molar-refractivity contribution >= 4 is 5.91 Å². The molecule has 1 saturated carbocycles. The van der Waals surface area contributed by atoms with Gasteiger partial charge in [-0.15, -0.1) is 0 Å². The van der Waals surface area contributed by atoms with Gasteiger partial charge in [0.05, 0.1) is 20.0 Å². The second-order valence-corrected chi connectivity index (χ2v) is 6.97. The molecule has 24 heavy (non-hydrogen) atoms. The first-order valence-electron chi connectivity index (χ1n) is 8.81. The van der Waals surface area contributed by atoms with E-state index in [1.54, 1.807) is 14.2 Å². The van der Waals surface area contributed by atoms with Crippen molar-refractivity contribution in [1.29, 1.82) is 0 Å².